The van der Waals surface area contributed by atoms with Crippen molar-refractivity contribution in [3.05, 3.63) is 62.1 Å². The van der Waals surface area contributed by atoms with Crippen molar-refractivity contribution in [1.82, 2.24) is 4.90 Å². The molecule has 2 aliphatic heterocycles. The van der Waals surface area contributed by atoms with E-state index >= 15 is 0 Å². The SMILES string of the molecule is COc1cc([C@H]2CC(=O)N3CN(c4cccc(Cl)c4)CSC3=C2C#N)cc(Br)c1O. The van der Waals surface area contributed by atoms with Gasteiger partial charge in [-0.05, 0) is 51.8 Å². The summed E-state index contributed by atoms with van der Waals surface area (Å²) in [6.07, 6.45) is 0.163. The predicted octanol–water partition coefficient (Wildman–Crippen LogP) is 5.04. The van der Waals surface area contributed by atoms with Gasteiger partial charge in [-0.2, -0.15) is 5.26 Å². The third kappa shape index (κ3) is 3.73. The number of nitrogens with zero attached hydrogens (tertiary/aromatic N) is 3. The number of carbonyl (C=O) groups excluding carboxylic acids is 1. The van der Waals surface area contributed by atoms with Crippen LogP contribution < -0.4 is 9.64 Å². The molecule has 0 radical (unpaired) electrons. The highest BCUT2D eigenvalue weighted by molar-refractivity contribution is 9.10. The normalized spacial score (nSPS) is 18.9. The maximum Gasteiger partial charge on any atom is 0.229 e. The summed E-state index contributed by atoms with van der Waals surface area (Å²) in [5.41, 5.74) is 2.21. The number of thioether (sulfide) groups is 1. The number of fused-ring (bicyclic) bond motifs is 1. The highest BCUT2D eigenvalue weighted by Gasteiger charge is 2.38. The van der Waals surface area contributed by atoms with E-state index < -0.39 is 5.92 Å². The number of phenolic OH excluding ortho intramolecular Hbond substituents is 1. The minimum Gasteiger partial charge on any atom is -0.503 e. The van der Waals surface area contributed by atoms with Crippen LogP contribution in [0.2, 0.25) is 5.02 Å². The lowest BCUT2D eigenvalue weighted by Gasteiger charge is -2.42. The number of amides is 1. The molecular formula is C21H17BrClN3O3S. The molecule has 0 unspecified atom stereocenters. The van der Waals surface area contributed by atoms with Crippen LogP contribution in [0.1, 0.15) is 17.9 Å². The molecule has 4 rings (SSSR count). The van der Waals surface area contributed by atoms with Crippen LogP contribution >= 0.6 is 39.3 Å². The van der Waals surface area contributed by atoms with Gasteiger partial charge < -0.3 is 14.7 Å². The zero-order valence-electron chi connectivity index (χ0n) is 15.9. The molecular weight excluding hydrogens is 490 g/mol. The number of hydrogen-bond donors (Lipinski definition) is 1. The summed E-state index contributed by atoms with van der Waals surface area (Å²) in [6.45, 7) is 0.363. The van der Waals surface area contributed by atoms with E-state index in [9.17, 15) is 15.2 Å². The maximum atomic E-state index is 13.0. The molecule has 6 nitrogen and oxygen atoms in total. The molecule has 0 aromatic heterocycles. The number of hydrogen-bond acceptors (Lipinski definition) is 6. The van der Waals surface area contributed by atoms with Gasteiger partial charge in [0.1, 0.15) is 0 Å². The molecule has 1 atom stereocenters. The Bertz CT molecular complexity index is 1100. The van der Waals surface area contributed by atoms with Gasteiger partial charge in [0.2, 0.25) is 5.91 Å². The van der Waals surface area contributed by atoms with Gasteiger partial charge in [-0.15, -0.1) is 0 Å². The number of carbonyl (C=O) groups is 1. The van der Waals surface area contributed by atoms with Crippen LogP contribution in [0.25, 0.3) is 0 Å². The summed E-state index contributed by atoms with van der Waals surface area (Å²) < 4.78 is 5.69. The van der Waals surface area contributed by atoms with Gasteiger partial charge in [0.15, 0.2) is 11.5 Å². The fourth-order valence-electron chi connectivity index (χ4n) is 3.63. The number of benzene rings is 2. The van der Waals surface area contributed by atoms with Gasteiger partial charge in [0.05, 0.1) is 40.8 Å². The number of allylic oxidation sites excluding steroid dienone is 1. The molecule has 1 saturated heterocycles. The highest BCUT2D eigenvalue weighted by Crippen LogP contribution is 2.46. The minimum atomic E-state index is -0.398. The number of nitriles is 1. The zero-order chi connectivity index (χ0) is 21.4. The number of halogens is 2. The number of rotatable bonds is 3. The molecule has 1 amide bonds. The monoisotopic (exact) mass is 505 g/mol. The van der Waals surface area contributed by atoms with Crippen LogP contribution in [-0.2, 0) is 4.79 Å². The first-order valence-electron chi connectivity index (χ1n) is 9.07. The lowest BCUT2D eigenvalue weighted by molar-refractivity contribution is -0.129. The lowest BCUT2D eigenvalue weighted by Crippen LogP contribution is -2.47. The van der Waals surface area contributed by atoms with Crippen molar-refractivity contribution in [2.45, 2.75) is 12.3 Å². The molecule has 30 heavy (non-hydrogen) atoms. The van der Waals surface area contributed by atoms with Crippen LogP contribution in [0.4, 0.5) is 5.69 Å². The van der Waals surface area contributed by atoms with Crippen molar-refractivity contribution in [3.8, 4) is 17.6 Å². The van der Waals surface area contributed by atoms with Gasteiger partial charge in [-0.3, -0.25) is 9.69 Å². The fourth-order valence-corrected chi connectivity index (χ4v) is 5.45. The smallest absolute Gasteiger partial charge is 0.229 e. The Morgan fingerprint density at radius 3 is 2.87 bits per heavy atom. The summed E-state index contributed by atoms with van der Waals surface area (Å²) in [6, 6.07) is 13.2. The largest absolute Gasteiger partial charge is 0.503 e. The van der Waals surface area contributed by atoms with Gasteiger partial charge >= 0.3 is 0 Å². The number of aromatic hydroxyl groups is 1. The molecule has 0 spiro atoms. The average Bonchev–Trinajstić information content (AvgIpc) is 2.75. The van der Waals surface area contributed by atoms with Gasteiger partial charge in [-0.1, -0.05) is 29.4 Å². The van der Waals surface area contributed by atoms with E-state index in [1.165, 1.54) is 18.9 Å². The zero-order valence-corrected chi connectivity index (χ0v) is 19.1. The fraction of sp³-hybridized carbons (Fsp3) is 0.238. The van der Waals surface area contributed by atoms with Gasteiger partial charge in [-0.25, -0.2) is 0 Å². The first-order valence-corrected chi connectivity index (χ1v) is 11.2. The Morgan fingerprint density at radius 2 is 2.17 bits per heavy atom. The molecule has 0 aliphatic carbocycles. The molecule has 2 aromatic carbocycles. The standard InChI is InChI=1S/C21H17BrClN3O3S/c1-29-18-6-12(5-17(22)20(18)28)15-8-19(27)26-10-25(11-30-21(26)16(15)9-24)14-4-2-3-13(23)7-14/h2-7,15,28H,8,10-11H2,1H3/t15-/m1/s1. The first-order chi connectivity index (χ1) is 14.4. The molecule has 154 valence electrons. The van der Waals surface area contributed by atoms with Gasteiger partial charge in [0, 0.05) is 23.0 Å². The van der Waals surface area contributed by atoms with Crippen molar-refractivity contribution < 1.29 is 14.6 Å². The van der Waals surface area contributed by atoms with E-state index in [0.717, 1.165) is 11.3 Å². The van der Waals surface area contributed by atoms with E-state index in [4.69, 9.17) is 16.3 Å². The Balaban J connectivity index is 1.70. The van der Waals surface area contributed by atoms with E-state index in [-0.39, 0.29) is 18.1 Å². The van der Waals surface area contributed by atoms with Gasteiger partial charge in [0.25, 0.3) is 0 Å². The molecule has 0 saturated carbocycles. The minimum absolute atomic E-state index is 0.0135. The average molecular weight is 507 g/mol. The number of ether oxygens (including phenoxy) is 1. The maximum absolute atomic E-state index is 13.0. The molecule has 1 fully saturated rings. The van der Waals surface area contributed by atoms with Crippen molar-refractivity contribution >= 4 is 50.9 Å². The Morgan fingerprint density at radius 1 is 1.37 bits per heavy atom. The summed E-state index contributed by atoms with van der Waals surface area (Å²) >= 11 is 10.9. The third-order valence-corrected chi connectivity index (χ3v) is 7.13. The second kappa shape index (κ2) is 8.42. The highest BCUT2D eigenvalue weighted by atomic mass is 79.9. The number of phenols is 1. The molecule has 2 heterocycles. The van der Waals surface area contributed by atoms with E-state index in [1.807, 2.05) is 29.2 Å². The van der Waals surface area contributed by atoms with Crippen LogP contribution in [0.15, 0.2) is 51.5 Å². The quantitative estimate of drug-likeness (QED) is 0.629. The first kappa shape index (κ1) is 20.9. The van der Waals surface area contributed by atoms with Crippen LogP contribution in [0.3, 0.4) is 0 Å². The topological polar surface area (TPSA) is 76.8 Å². The molecule has 2 aromatic rings. The Hall–Kier alpha value is -2.34. The van der Waals surface area contributed by atoms with E-state index in [0.29, 0.717) is 38.4 Å². The van der Waals surface area contributed by atoms with E-state index in [2.05, 4.69) is 22.0 Å². The summed E-state index contributed by atoms with van der Waals surface area (Å²) in [4.78, 5) is 16.8. The Labute approximate surface area is 191 Å². The third-order valence-electron chi connectivity index (χ3n) is 5.14. The van der Waals surface area contributed by atoms with Crippen molar-refractivity contribution in [3.63, 3.8) is 0 Å². The summed E-state index contributed by atoms with van der Waals surface area (Å²) in [5, 5.41) is 21.3. The molecule has 9 heteroatoms. The van der Waals surface area contributed by atoms with Crippen molar-refractivity contribution in [2.75, 3.05) is 24.6 Å². The Kier molecular flexibility index (Phi) is 5.87. The second-order valence-electron chi connectivity index (χ2n) is 6.90. The van der Waals surface area contributed by atoms with Crippen LogP contribution in [0.5, 0.6) is 11.5 Å². The van der Waals surface area contributed by atoms with E-state index in [1.54, 1.807) is 17.0 Å². The summed E-state index contributed by atoms with van der Waals surface area (Å²) in [7, 11) is 1.46. The second-order valence-corrected chi connectivity index (χ2v) is 9.12. The predicted molar refractivity (Wildman–Crippen MR) is 120 cm³/mol. The molecule has 0 bridgehead atoms. The van der Waals surface area contributed by atoms with Crippen molar-refractivity contribution in [2.24, 2.45) is 0 Å². The molecule has 2 aliphatic rings. The number of anilines is 1. The van der Waals surface area contributed by atoms with Crippen molar-refractivity contribution in [1.29, 1.82) is 5.26 Å². The van der Waals surface area contributed by atoms with Crippen LogP contribution in [0, 0.1) is 11.3 Å². The van der Waals surface area contributed by atoms with Crippen LogP contribution in [-0.4, -0.2) is 35.6 Å². The molecule has 1 N–H and O–H groups in total. The number of methoxy groups -OCH3 is 1. The lowest BCUT2D eigenvalue weighted by atomic mass is 9.86. The summed E-state index contributed by atoms with van der Waals surface area (Å²) in [5.74, 6) is 0.418.